The van der Waals surface area contributed by atoms with Crippen molar-refractivity contribution in [3.05, 3.63) is 99.0 Å². The minimum Gasteiger partial charge on any atom is -0.352 e. The van der Waals surface area contributed by atoms with Gasteiger partial charge >= 0.3 is 0 Å². The van der Waals surface area contributed by atoms with Gasteiger partial charge in [0.25, 0.3) is 0 Å². The van der Waals surface area contributed by atoms with Crippen LogP contribution in [-0.4, -0.2) is 50.0 Å². The van der Waals surface area contributed by atoms with E-state index in [1.54, 1.807) is 42.5 Å². The molecule has 3 rings (SSSR count). The molecular weight excluding hydrogens is 614 g/mol. The second kappa shape index (κ2) is 14.1. The van der Waals surface area contributed by atoms with Crippen LogP contribution in [0.15, 0.2) is 77.3 Å². The fraction of sp³-hybridized carbons (Fsp3) is 0.333. The lowest BCUT2D eigenvalue weighted by atomic mass is 10.0. The highest BCUT2D eigenvalue weighted by molar-refractivity contribution is 9.10. The molecule has 0 saturated heterocycles. The molecule has 0 fully saturated rings. The van der Waals surface area contributed by atoms with Gasteiger partial charge in [0.05, 0.1) is 11.9 Å². The molecule has 40 heavy (non-hydrogen) atoms. The van der Waals surface area contributed by atoms with Crippen LogP contribution in [0.1, 0.15) is 37.0 Å². The van der Waals surface area contributed by atoms with Crippen molar-refractivity contribution < 1.29 is 18.0 Å². The molecule has 10 heteroatoms. The van der Waals surface area contributed by atoms with Gasteiger partial charge in [-0.2, -0.15) is 0 Å². The average molecular weight is 649 g/mol. The van der Waals surface area contributed by atoms with E-state index in [1.165, 1.54) is 4.90 Å². The number of rotatable bonds is 12. The largest absolute Gasteiger partial charge is 0.352 e. The molecule has 0 aliphatic rings. The van der Waals surface area contributed by atoms with Gasteiger partial charge in [-0.3, -0.25) is 13.9 Å². The monoisotopic (exact) mass is 647 g/mol. The van der Waals surface area contributed by atoms with Crippen LogP contribution >= 0.6 is 27.5 Å². The number of aryl methyl sites for hydroxylation is 1. The van der Waals surface area contributed by atoms with E-state index in [-0.39, 0.29) is 24.9 Å². The number of anilines is 1. The molecule has 0 aliphatic carbocycles. The van der Waals surface area contributed by atoms with Crippen LogP contribution in [0, 0.1) is 6.92 Å². The van der Waals surface area contributed by atoms with Crippen LogP contribution in [0.5, 0.6) is 0 Å². The summed E-state index contributed by atoms with van der Waals surface area (Å²) in [6.07, 6.45) is 2.05. The topological polar surface area (TPSA) is 86.8 Å². The third-order valence-corrected chi connectivity index (χ3v) is 8.93. The number of halogens is 2. The van der Waals surface area contributed by atoms with Crippen LogP contribution in [0.4, 0.5) is 5.69 Å². The van der Waals surface area contributed by atoms with Crippen molar-refractivity contribution in [1.82, 2.24) is 10.2 Å². The molecule has 0 radical (unpaired) electrons. The molecule has 0 bridgehead atoms. The Balaban J connectivity index is 2.06. The summed E-state index contributed by atoms with van der Waals surface area (Å²) in [4.78, 5) is 29.2. The minimum absolute atomic E-state index is 0.0956. The molecule has 2 atom stereocenters. The zero-order chi connectivity index (χ0) is 29.4. The lowest BCUT2D eigenvalue weighted by Crippen LogP contribution is -2.54. The number of hydrogen-bond donors (Lipinski definition) is 1. The SMILES string of the molecule is CC[C@@H](C)NC(=O)[C@@H](Cc1ccccc1)N(Cc1ccc(Cl)cc1)C(=O)CN(c1ccc(Br)c(C)c1)S(C)(=O)=O. The van der Waals surface area contributed by atoms with E-state index in [4.69, 9.17) is 11.6 Å². The zero-order valence-corrected chi connectivity index (χ0v) is 26.3. The first-order valence-electron chi connectivity index (χ1n) is 13.0. The molecule has 2 amide bonds. The summed E-state index contributed by atoms with van der Waals surface area (Å²) in [5.74, 6) is -0.799. The van der Waals surface area contributed by atoms with Crippen molar-refractivity contribution in [3.63, 3.8) is 0 Å². The van der Waals surface area contributed by atoms with E-state index < -0.39 is 28.5 Å². The second-order valence-electron chi connectivity index (χ2n) is 9.87. The predicted octanol–water partition coefficient (Wildman–Crippen LogP) is 5.73. The van der Waals surface area contributed by atoms with Gasteiger partial charge in [0, 0.05) is 28.5 Å². The Labute approximate surface area is 250 Å². The lowest BCUT2D eigenvalue weighted by Gasteiger charge is -2.34. The Morgan fingerprint density at radius 3 is 2.23 bits per heavy atom. The average Bonchev–Trinajstić information content (AvgIpc) is 2.91. The number of carbonyl (C=O) groups excluding carboxylic acids is 2. The second-order valence-corrected chi connectivity index (χ2v) is 13.1. The lowest BCUT2D eigenvalue weighted by molar-refractivity contribution is -0.140. The van der Waals surface area contributed by atoms with Gasteiger partial charge < -0.3 is 10.2 Å². The Bertz CT molecular complexity index is 1420. The van der Waals surface area contributed by atoms with Crippen LogP contribution in [0.3, 0.4) is 0 Å². The van der Waals surface area contributed by atoms with Crippen LogP contribution < -0.4 is 9.62 Å². The van der Waals surface area contributed by atoms with Crippen molar-refractivity contribution >= 4 is 55.1 Å². The van der Waals surface area contributed by atoms with Gasteiger partial charge in [0.15, 0.2) is 0 Å². The smallest absolute Gasteiger partial charge is 0.244 e. The molecule has 0 unspecified atom stereocenters. The summed E-state index contributed by atoms with van der Waals surface area (Å²) in [6, 6.07) is 20.6. The van der Waals surface area contributed by atoms with Crippen LogP contribution in [0.25, 0.3) is 0 Å². The van der Waals surface area contributed by atoms with E-state index in [1.807, 2.05) is 51.1 Å². The quantitative estimate of drug-likeness (QED) is 0.272. The molecule has 3 aromatic carbocycles. The summed E-state index contributed by atoms with van der Waals surface area (Å²) in [6.45, 7) is 5.35. The van der Waals surface area contributed by atoms with E-state index in [0.717, 1.165) is 38.1 Å². The van der Waals surface area contributed by atoms with Gasteiger partial charge in [-0.15, -0.1) is 0 Å². The van der Waals surface area contributed by atoms with E-state index in [0.29, 0.717) is 10.7 Å². The van der Waals surface area contributed by atoms with Gasteiger partial charge in [-0.05, 0) is 67.3 Å². The van der Waals surface area contributed by atoms with E-state index in [2.05, 4.69) is 21.2 Å². The third kappa shape index (κ3) is 8.81. The van der Waals surface area contributed by atoms with Gasteiger partial charge in [0.1, 0.15) is 12.6 Å². The minimum atomic E-state index is -3.83. The number of carbonyl (C=O) groups is 2. The highest BCUT2D eigenvalue weighted by Crippen LogP contribution is 2.25. The zero-order valence-electron chi connectivity index (χ0n) is 23.1. The molecular formula is C30H35BrClN3O4S. The first-order chi connectivity index (χ1) is 18.9. The Morgan fingerprint density at radius 2 is 1.65 bits per heavy atom. The molecule has 7 nitrogen and oxygen atoms in total. The highest BCUT2D eigenvalue weighted by Gasteiger charge is 2.33. The number of benzene rings is 3. The molecule has 1 N–H and O–H groups in total. The maximum absolute atomic E-state index is 14.1. The van der Waals surface area contributed by atoms with Gasteiger partial charge in [-0.25, -0.2) is 8.42 Å². The number of hydrogen-bond acceptors (Lipinski definition) is 4. The summed E-state index contributed by atoms with van der Waals surface area (Å²) in [7, 11) is -3.83. The Hall–Kier alpha value is -2.88. The van der Waals surface area contributed by atoms with Crippen molar-refractivity contribution in [2.75, 3.05) is 17.1 Å². The Kier molecular flexibility index (Phi) is 11.2. The maximum atomic E-state index is 14.1. The van der Waals surface area contributed by atoms with E-state index >= 15 is 0 Å². The first-order valence-corrected chi connectivity index (χ1v) is 16.0. The van der Waals surface area contributed by atoms with Crippen LogP contribution in [-0.2, 0) is 32.6 Å². The van der Waals surface area contributed by atoms with Crippen molar-refractivity contribution in [2.45, 2.75) is 52.2 Å². The van der Waals surface area contributed by atoms with Crippen molar-refractivity contribution in [2.24, 2.45) is 0 Å². The van der Waals surface area contributed by atoms with Gasteiger partial charge in [-0.1, -0.05) is 76.9 Å². The first kappa shape index (κ1) is 31.6. The van der Waals surface area contributed by atoms with E-state index in [9.17, 15) is 18.0 Å². The molecule has 214 valence electrons. The maximum Gasteiger partial charge on any atom is 0.244 e. The fourth-order valence-electron chi connectivity index (χ4n) is 4.18. The number of sulfonamides is 1. The number of amides is 2. The van der Waals surface area contributed by atoms with Crippen molar-refractivity contribution in [3.8, 4) is 0 Å². The standard InChI is InChI=1S/C30H35BrClN3O4S/c1-5-22(3)33-30(37)28(18-23-9-7-6-8-10-23)34(19-24-11-13-25(32)14-12-24)29(36)20-35(40(4,38)39)26-15-16-27(31)21(2)17-26/h6-17,22,28H,5,18-20H2,1-4H3,(H,33,37)/t22-,28-/m1/s1. The molecule has 3 aromatic rings. The molecule has 0 aromatic heterocycles. The summed E-state index contributed by atoms with van der Waals surface area (Å²) in [5.41, 5.74) is 2.83. The number of nitrogens with zero attached hydrogens (tertiary/aromatic N) is 2. The Morgan fingerprint density at radius 1 is 1.00 bits per heavy atom. The van der Waals surface area contributed by atoms with Crippen molar-refractivity contribution in [1.29, 1.82) is 0 Å². The normalized spacial score (nSPS) is 12.8. The predicted molar refractivity (Wildman–Crippen MR) is 165 cm³/mol. The molecule has 0 aliphatic heterocycles. The summed E-state index contributed by atoms with van der Waals surface area (Å²) in [5, 5.41) is 3.57. The fourth-order valence-corrected chi connectivity index (χ4v) is 5.39. The number of nitrogens with one attached hydrogen (secondary N) is 1. The third-order valence-electron chi connectivity index (χ3n) is 6.65. The van der Waals surface area contributed by atoms with Gasteiger partial charge in [0.2, 0.25) is 21.8 Å². The summed E-state index contributed by atoms with van der Waals surface area (Å²) < 4.78 is 27.7. The molecule has 0 heterocycles. The highest BCUT2D eigenvalue weighted by atomic mass is 79.9. The summed E-state index contributed by atoms with van der Waals surface area (Å²) >= 11 is 9.53. The molecule has 0 spiro atoms. The van der Waals surface area contributed by atoms with Crippen LogP contribution in [0.2, 0.25) is 5.02 Å². The molecule has 0 saturated carbocycles.